The molecule has 0 spiro atoms. The summed E-state index contributed by atoms with van der Waals surface area (Å²) in [7, 11) is 2.12. The molecule has 0 amide bonds. The van der Waals surface area contributed by atoms with Crippen LogP contribution >= 0.6 is 0 Å². The van der Waals surface area contributed by atoms with E-state index in [0.29, 0.717) is 11.6 Å². The monoisotopic (exact) mass is 339 g/mol. The molecule has 2 aliphatic rings. The predicted molar refractivity (Wildman–Crippen MR) is 95.7 cm³/mol. The Labute approximate surface area is 145 Å². The Bertz CT molecular complexity index is 853. The lowest BCUT2D eigenvalue weighted by Crippen LogP contribution is -2.51. The highest BCUT2D eigenvalue weighted by molar-refractivity contribution is 5.93. The number of fused-ring (bicyclic) bond motifs is 1. The van der Waals surface area contributed by atoms with Gasteiger partial charge in [0.2, 0.25) is 11.9 Å². The van der Waals surface area contributed by atoms with Gasteiger partial charge in [-0.3, -0.25) is 19.7 Å². The van der Waals surface area contributed by atoms with E-state index in [1.165, 1.54) is 6.07 Å². The zero-order valence-electron chi connectivity index (χ0n) is 14.4. The van der Waals surface area contributed by atoms with Crippen LogP contribution in [0.3, 0.4) is 0 Å². The Kier molecular flexibility index (Phi) is 3.96. The van der Waals surface area contributed by atoms with Gasteiger partial charge in [-0.15, -0.1) is 0 Å². The number of hydrogen-bond acceptors (Lipinski definition) is 7. The molecule has 2 aromatic heterocycles. The number of nitrogens with zero attached hydrogens (tertiary/aromatic N) is 6. The van der Waals surface area contributed by atoms with Gasteiger partial charge >= 0.3 is 0 Å². The molecule has 1 N–H and O–H groups in total. The summed E-state index contributed by atoms with van der Waals surface area (Å²) >= 11 is 0. The maximum Gasteiger partial charge on any atom is 0.257 e. The van der Waals surface area contributed by atoms with Gasteiger partial charge in [0.15, 0.2) is 6.17 Å². The summed E-state index contributed by atoms with van der Waals surface area (Å²) in [6.45, 7) is 5.55. The third-order valence-electron chi connectivity index (χ3n) is 4.58. The average molecular weight is 339 g/mol. The SMILES string of the molecule is Cc1cc(=O)n2c(n1)NC(N1CCN(C)CC1)=N[C@@H]2c1cccnc1. The number of aliphatic imine (C=N–C) groups is 1. The standard InChI is InChI=1S/C17H21N7O/c1-12-10-14(25)24-15(13-4-3-5-18-11-13)20-16(21-17(24)19-12)23-8-6-22(2)7-9-23/h3-5,10-11,15H,6-9H2,1-2H3,(H,19,20,21)/t15-/m0/s1. The molecule has 0 radical (unpaired) electrons. The number of aryl methyl sites for hydroxylation is 1. The van der Waals surface area contributed by atoms with Crippen LogP contribution in [0.15, 0.2) is 40.4 Å². The molecule has 0 aromatic carbocycles. The summed E-state index contributed by atoms with van der Waals surface area (Å²) in [5.74, 6) is 1.29. The molecule has 8 heteroatoms. The van der Waals surface area contributed by atoms with Crippen molar-refractivity contribution < 1.29 is 0 Å². The minimum absolute atomic E-state index is 0.120. The quantitative estimate of drug-likeness (QED) is 0.816. The Balaban J connectivity index is 1.78. The zero-order chi connectivity index (χ0) is 17.4. The zero-order valence-corrected chi connectivity index (χ0v) is 14.4. The molecule has 1 atom stereocenters. The summed E-state index contributed by atoms with van der Waals surface area (Å²) in [5, 5.41) is 3.25. The van der Waals surface area contributed by atoms with Crippen molar-refractivity contribution in [1.29, 1.82) is 0 Å². The van der Waals surface area contributed by atoms with Crippen molar-refractivity contribution in [3.63, 3.8) is 0 Å². The van der Waals surface area contributed by atoms with Crippen molar-refractivity contribution in [1.82, 2.24) is 24.3 Å². The van der Waals surface area contributed by atoms with Gasteiger partial charge in [-0.1, -0.05) is 6.07 Å². The molecule has 130 valence electrons. The maximum absolute atomic E-state index is 12.6. The highest BCUT2D eigenvalue weighted by Crippen LogP contribution is 2.25. The molecule has 0 bridgehead atoms. The number of aromatic nitrogens is 3. The van der Waals surface area contributed by atoms with E-state index in [1.807, 2.05) is 19.1 Å². The molecular weight excluding hydrogens is 318 g/mol. The first kappa shape index (κ1) is 15.8. The number of nitrogens with one attached hydrogen (secondary N) is 1. The molecule has 8 nitrogen and oxygen atoms in total. The van der Waals surface area contributed by atoms with Gasteiger partial charge in [-0.2, -0.15) is 0 Å². The number of hydrogen-bond donors (Lipinski definition) is 1. The van der Waals surface area contributed by atoms with Crippen LogP contribution < -0.4 is 10.9 Å². The summed E-state index contributed by atoms with van der Waals surface area (Å²) in [5.41, 5.74) is 1.43. The van der Waals surface area contributed by atoms with E-state index < -0.39 is 6.17 Å². The van der Waals surface area contributed by atoms with Crippen LogP contribution in [0.1, 0.15) is 17.4 Å². The van der Waals surface area contributed by atoms with Crippen molar-refractivity contribution in [2.75, 3.05) is 38.5 Å². The molecular formula is C17H21N7O. The van der Waals surface area contributed by atoms with E-state index in [0.717, 1.165) is 37.7 Å². The van der Waals surface area contributed by atoms with E-state index in [1.54, 1.807) is 17.0 Å². The number of rotatable bonds is 1. The van der Waals surface area contributed by atoms with Crippen LogP contribution in [0.4, 0.5) is 5.95 Å². The van der Waals surface area contributed by atoms with Gasteiger partial charge in [0.05, 0.1) is 0 Å². The second kappa shape index (κ2) is 6.29. The van der Waals surface area contributed by atoms with Gasteiger partial charge < -0.3 is 9.80 Å². The third-order valence-corrected chi connectivity index (χ3v) is 4.58. The molecule has 4 rings (SSSR count). The highest BCUT2D eigenvalue weighted by Gasteiger charge is 2.28. The van der Waals surface area contributed by atoms with Crippen molar-refractivity contribution in [3.8, 4) is 0 Å². The van der Waals surface area contributed by atoms with E-state index in [4.69, 9.17) is 4.99 Å². The second-order valence-electron chi connectivity index (χ2n) is 6.46. The smallest absolute Gasteiger partial charge is 0.257 e. The largest absolute Gasteiger partial charge is 0.340 e. The van der Waals surface area contributed by atoms with Gasteiger partial charge in [0.25, 0.3) is 5.56 Å². The number of anilines is 1. The van der Waals surface area contributed by atoms with Gasteiger partial charge in [-0.05, 0) is 20.0 Å². The first-order valence-corrected chi connectivity index (χ1v) is 8.40. The number of guanidine groups is 1. The number of pyridine rings is 1. The van der Waals surface area contributed by atoms with Crippen molar-refractivity contribution in [2.45, 2.75) is 13.1 Å². The lowest BCUT2D eigenvalue weighted by molar-refractivity contribution is 0.213. The van der Waals surface area contributed by atoms with E-state index in [2.05, 4.69) is 32.1 Å². The minimum Gasteiger partial charge on any atom is -0.340 e. The molecule has 0 unspecified atom stereocenters. The molecule has 25 heavy (non-hydrogen) atoms. The number of piperazine rings is 1. The normalized spacial score (nSPS) is 20.6. The first-order chi connectivity index (χ1) is 12.1. The molecule has 0 aliphatic carbocycles. The summed E-state index contributed by atoms with van der Waals surface area (Å²) in [4.78, 5) is 30.6. The lowest BCUT2D eigenvalue weighted by atomic mass is 10.2. The minimum atomic E-state index is -0.458. The fraction of sp³-hybridized carbons (Fsp3) is 0.412. The average Bonchev–Trinajstić information content (AvgIpc) is 2.62. The first-order valence-electron chi connectivity index (χ1n) is 8.40. The Morgan fingerprint density at radius 2 is 2.04 bits per heavy atom. The third kappa shape index (κ3) is 3.00. The Morgan fingerprint density at radius 3 is 2.76 bits per heavy atom. The summed E-state index contributed by atoms with van der Waals surface area (Å²) in [6, 6.07) is 5.32. The topological polar surface area (TPSA) is 78.7 Å². The van der Waals surface area contributed by atoms with Crippen LogP contribution in [-0.2, 0) is 0 Å². The highest BCUT2D eigenvalue weighted by atomic mass is 16.1. The van der Waals surface area contributed by atoms with Gasteiger partial charge in [0.1, 0.15) is 0 Å². The van der Waals surface area contributed by atoms with Crippen LogP contribution in [0.2, 0.25) is 0 Å². The number of likely N-dealkylation sites (N-methyl/N-ethyl adjacent to an activating group) is 1. The van der Waals surface area contributed by atoms with Crippen LogP contribution in [0.25, 0.3) is 0 Å². The molecule has 2 aromatic rings. The lowest BCUT2D eigenvalue weighted by Gasteiger charge is -2.37. The molecule has 4 heterocycles. The summed E-state index contributed by atoms with van der Waals surface area (Å²) < 4.78 is 1.59. The van der Waals surface area contributed by atoms with Crippen LogP contribution in [0, 0.1) is 6.92 Å². The van der Waals surface area contributed by atoms with Gasteiger partial charge in [-0.25, -0.2) is 9.98 Å². The fourth-order valence-electron chi connectivity index (χ4n) is 3.17. The Hall–Kier alpha value is -2.74. The maximum atomic E-state index is 12.6. The van der Waals surface area contributed by atoms with E-state index in [9.17, 15) is 4.79 Å². The van der Waals surface area contributed by atoms with E-state index in [-0.39, 0.29) is 5.56 Å². The van der Waals surface area contributed by atoms with Gasteiger partial charge in [0, 0.05) is 55.9 Å². The molecule has 0 saturated carbocycles. The molecule has 1 saturated heterocycles. The van der Waals surface area contributed by atoms with Crippen LogP contribution in [0.5, 0.6) is 0 Å². The second-order valence-corrected chi connectivity index (χ2v) is 6.46. The molecule has 2 aliphatic heterocycles. The van der Waals surface area contributed by atoms with Crippen molar-refractivity contribution >= 4 is 11.9 Å². The van der Waals surface area contributed by atoms with Crippen molar-refractivity contribution in [2.24, 2.45) is 4.99 Å². The fourth-order valence-corrected chi connectivity index (χ4v) is 3.17. The van der Waals surface area contributed by atoms with Crippen molar-refractivity contribution in [3.05, 3.63) is 52.2 Å². The Morgan fingerprint density at radius 1 is 1.24 bits per heavy atom. The summed E-state index contributed by atoms with van der Waals surface area (Å²) in [6.07, 6.45) is 3.00. The molecule has 1 fully saturated rings. The van der Waals surface area contributed by atoms with E-state index >= 15 is 0 Å². The van der Waals surface area contributed by atoms with Crippen LogP contribution in [-0.4, -0.2) is 63.5 Å². The predicted octanol–water partition coefficient (Wildman–Crippen LogP) is 0.523.